The van der Waals surface area contributed by atoms with Gasteiger partial charge in [0.15, 0.2) is 0 Å². The second kappa shape index (κ2) is 7.05. The molecule has 0 radical (unpaired) electrons. The smallest absolute Gasteiger partial charge is 0.346 e. The number of hydrogen-bond acceptors (Lipinski definition) is 4. The van der Waals surface area contributed by atoms with Crippen LogP contribution < -0.4 is 5.69 Å². The van der Waals surface area contributed by atoms with Crippen LogP contribution in [-0.4, -0.2) is 25.9 Å². The van der Waals surface area contributed by atoms with Gasteiger partial charge in [0.2, 0.25) is 0 Å². The molecule has 1 aromatic carbocycles. The molecule has 0 aliphatic carbocycles. The van der Waals surface area contributed by atoms with E-state index in [9.17, 15) is 14.0 Å². The Morgan fingerprint density at radius 2 is 2.00 bits per heavy atom. The van der Waals surface area contributed by atoms with Crippen molar-refractivity contribution in [3.05, 3.63) is 52.0 Å². The summed E-state index contributed by atoms with van der Waals surface area (Å²) in [6.07, 6.45) is 2.59. The fraction of sp³-hybridized carbons (Fsp3) is 0.526. The molecule has 0 N–H and O–H groups in total. The summed E-state index contributed by atoms with van der Waals surface area (Å²) in [6.45, 7) is 5.81. The van der Waals surface area contributed by atoms with Crippen LogP contribution in [0.5, 0.6) is 0 Å². The van der Waals surface area contributed by atoms with Crippen molar-refractivity contribution in [3.63, 3.8) is 0 Å². The van der Waals surface area contributed by atoms with E-state index in [4.69, 9.17) is 4.74 Å². The standard InChI is InChI=1S/C19H24FN3O3/c1-19(2,3)26-17(24)15-5-4-6-16-21-22(18(25)23(15)16)12-11-13-7-9-14(20)10-8-13/h7-10,15H,4-6,11-12H2,1-3H3. The average Bonchev–Trinajstić information content (AvgIpc) is 2.89. The minimum Gasteiger partial charge on any atom is -0.458 e. The van der Waals surface area contributed by atoms with Crippen molar-refractivity contribution in [3.8, 4) is 0 Å². The third-order valence-corrected chi connectivity index (χ3v) is 4.34. The van der Waals surface area contributed by atoms with Gasteiger partial charge in [-0.05, 0) is 57.7 Å². The minimum absolute atomic E-state index is 0.288. The van der Waals surface area contributed by atoms with Gasteiger partial charge >= 0.3 is 11.7 Å². The zero-order valence-corrected chi connectivity index (χ0v) is 15.4. The van der Waals surface area contributed by atoms with Crippen LogP contribution in [0.1, 0.15) is 51.0 Å². The molecular weight excluding hydrogens is 337 g/mol. The molecule has 1 aliphatic heterocycles. The molecule has 1 atom stereocenters. The first-order chi connectivity index (χ1) is 12.2. The van der Waals surface area contributed by atoms with Gasteiger partial charge in [0.25, 0.3) is 0 Å². The van der Waals surface area contributed by atoms with Crippen LogP contribution in [0.15, 0.2) is 29.1 Å². The summed E-state index contributed by atoms with van der Waals surface area (Å²) in [5.41, 5.74) is 0.0299. The largest absolute Gasteiger partial charge is 0.458 e. The highest BCUT2D eigenvalue weighted by atomic mass is 19.1. The number of nitrogens with zero attached hydrogens (tertiary/aromatic N) is 3. The summed E-state index contributed by atoms with van der Waals surface area (Å²) < 4.78 is 21.3. The molecule has 1 aliphatic rings. The first-order valence-electron chi connectivity index (χ1n) is 8.90. The van der Waals surface area contributed by atoms with Crippen molar-refractivity contribution in [1.82, 2.24) is 14.3 Å². The van der Waals surface area contributed by atoms with Crippen molar-refractivity contribution in [2.45, 2.75) is 64.6 Å². The minimum atomic E-state index is -0.620. The van der Waals surface area contributed by atoms with Gasteiger partial charge in [-0.3, -0.25) is 4.57 Å². The molecule has 0 bridgehead atoms. The Morgan fingerprint density at radius 1 is 1.31 bits per heavy atom. The topological polar surface area (TPSA) is 66.1 Å². The highest BCUT2D eigenvalue weighted by Crippen LogP contribution is 2.25. The molecule has 0 spiro atoms. The maximum Gasteiger partial charge on any atom is 0.346 e. The van der Waals surface area contributed by atoms with Crippen molar-refractivity contribution in [2.75, 3.05) is 0 Å². The van der Waals surface area contributed by atoms with Gasteiger partial charge in [-0.1, -0.05) is 12.1 Å². The highest BCUT2D eigenvalue weighted by molar-refractivity contribution is 5.74. The van der Waals surface area contributed by atoms with Gasteiger partial charge < -0.3 is 4.74 Å². The van der Waals surface area contributed by atoms with Crippen LogP contribution in [0.3, 0.4) is 0 Å². The Bertz CT molecular complexity index is 846. The summed E-state index contributed by atoms with van der Waals surface area (Å²) >= 11 is 0. The Morgan fingerprint density at radius 3 is 2.65 bits per heavy atom. The van der Waals surface area contributed by atoms with Gasteiger partial charge in [0.05, 0.1) is 6.54 Å². The van der Waals surface area contributed by atoms with E-state index in [1.54, 1.807) is 12.1 Å². The van der Waals surface area contributed by atoms with E-state index in [-0.39, 0.29) is 11.5 Å². The van der Waals surface area contributed by atoms with Crippen LogP contribution in [0.4, 0.5) is 4.39 Å². The number of halogens is 1. The molecule has 0 fully saturated rings. The molecule has 140 valence electrons. The fourth-order valence-electron chi connectivity index (χ4n) is 3.16. The van der Waals surface area contributed by atoms with Crippen LogP contribution in [0, 0.1) is 5.82 Å². The lowest BCUT2D eigenvalue weighted by molar-refractivity contribution is -0.159. The number of aromatic nitrogens is 3. The number of fused-ring (bicyclic) bond motifs is 1. The summed E-state index contributed by atoms with van der Waals surface area (Å²) in [5, 5.41) is 4.40. The Kier molecular flexibility index (Phi) is 4.98. The number of carbonyl (C=O) groups is 1. The summed E-state index contributed by atoms with van der Waals surface area (Å²) in [7, 11) is 0. The summed E-state index contributed by atoms with van der Waals surface area (Å²) in [5.74, 6) is -0.0570. The molecule has 1 aromatic heterocycles. The highest BCUT2D eigenvalue weighted by Gasteiger charge is 2.33. The van der Waals surface area contributed by atoms with E-state index in [0.717, 1.165) is 12.0 Å². The zero-order chi connectivity index (χ0) is 18.9. The first-order valence-corrected chi connectivity index (χ1v) is 8.90. The summed E-state index contributed by atoms with van der Waals surface area (Å²) in [6, 6.07) is 5.56. The molecule has 2 aromatic rings. The first kappa shape index (κ1) is 18.4. The second-order valence-electron chi connectivity index (χ2n) is 7.61. The van der Waals surface area contributed by atoms with Gasteiger partial charge in [-0.25, -0.2) is 18.7 Å². The number of benzene rings is 1. The average molecular weight is 361 g/mol. The molecule has 3 rings (SSSR count). The number of carbonyl (C=O) groups excluding carboxylic acids is 1. The fourth-order valence-corrected chi connectivity index (χ4v) is 3.16. The molecular formula is C19H24FN3O3. The normalized spacial score (nSPS) is 17.0. The number of hydrogen-bond donors (Lipinski definition) is 0. The predicted octanol–water partition coefficient (Wildman–Crippen LogP) is 2.65. The molecule has 26 heavy (non-hydrogen) atoms. The van der Waals surface area contributed by atoms with Crippen molar-refractivity contribution >= 4 is 5.97 Å². The van der Waals surface area contributed by atoms with Crippen LogP contribution in [0.2, 0.25) is 0 Å². The second-order valence-corrected chi connectivity index (χ2v) is 7.61. The van der Waals surface area contributed by atoms with E-state index in [2.05, 4.69) is 5.10 Å². The third kappa shape index (κ3) is 4.03. The Balaban J connectivity index is 1.80. The molecule has 0 saturated carbocycles. The third-order valence-electron chi connectivity index (χ3n) is 4.34. The summed E-state index contributed by atoms with van der Waals surface area (Å²) in [4.78, 5) is 25.3. The van der Waals surface area contributed by atoms with E-state index in [1.165, 1.54) is 21.4 Å². The maximum absolute atomic E-state index is 13.0. The van der Waals surface area contributed by atoms with E-state index < -0.39 is 17.6 Å². The molecule has 0 saturated heterocycles. The zero-order valence-electron chi connectivity index (χ0n) is 15.4. The van der Waals surface area contributed by atoms with Crippen LogP contribution in [-0.2, 0) is 28.9 Å². The van der Waals surface area contributed by atoms with Crippen molar-refractivity contribution < 1.29 is 13.9 Å². The lowest BCUT2D eigenvalue weighted by atomic mass is 10.0. The molecule has 2 heterocycles. The van der Waals surface area contributed by atoms with Gasteiger partial charge in [0, 0.05) is 6.42 Å². The quantitative estimate of drug-likeness (QED) is 0.785. The lowest BCUT2D eigenvalue weighted by Crippen LogP contribution is -2.38. The number of rotatable bonds is 4. The molecule has 6 nitrogen and oxygen atoms in total. The van der Waals surface area contributed by atoms with Crippen molar-refractivity contribution in [1.29, 1.82) is 0 Å². The number of ether oxygens (including phenoxy) is 1. The Labute approximate surface area is 151 Å². The van der Waals surface area contributed by atoms with Gasteiger partial charge in [-0.2, -0.15) is 5.10 Å². The lowest BCUT2D eigenvalue weighted by Gasteiger charge is -2.26. The van der Waals surface area contributed by atoms with Gasteiger partial charge in [0.1, 0.15) is 23.3 Å². The SMILES string of the molecule is CC(C)(C)OC(=O)C1CCCc2nn(CCc3ccc(F)cc3)c(=O)n21. The van der Waals surface area contributed by atoms with E-state index in [0.29, 0.717) is 31.6 Å². The molecule has 7 heteroatoms. The maximum atomic E-state index is 13.0. The van der Waals surface area contributed by atoms with E-state index >= 15 is 0 Å². The van der Waals surface area contributed by atoms with Gasteiger partial charge in [-0.15, -0.1) is 0 Å². The van der Waals surface area contributed by atoms with Crippen LogP contribution in [0.25, 0.3) is 0 Å². The number of esters is 1. The molecule has 0 amide bonds. The Hall–Kier alpha value is -2.44. The molecule has 1 unspecified atom stereocenters. The monoisotopic (exact) mass is 361 g/mol. The number of aryl methyl sites for hydroxylation is 3. The van der Waals surface area contributed by atoms with E-state index in [1.807, 2.05) is 20.8 Å². The van der Waals surface area contributed by atoms with Crippen molar-refractivity contribution in [2.24, 2.45) is 0 Å². The van der Waals surface area contributed by atoms with Crippen LogP contribution >= 0.6 is 0 Å². The predicted molar refractivity (Wildman–Crippen MR) is 94.4 cm³/mol.